The summed E-state index contributed by atoms with van der Waals surface area (Å²) < 4.78 is 0. The van der Waals surface area contributed by atoms with E-state index < -0.39 is 0 Å². The van der Waals surface area contributed by atoms with Crippen LogP contribution in [0, 0.1) is 6.92 Å². The third-order valence-corrected chi connectivity index (χ3v) is 3.68. The summed E-state index contributed by atoms with van der Waals surface area (Å²) in [6, 6.07) is 14.3. The van der Waals surface area contributed by atoms with E-state index in [0.29, 0.717) is 0 Å². The van der Waals surface area contributed by atoms with Crippen LogP contribution in [0.15, 0.2) is 42.5 Å². The molecule has 0 saturated heterocycles. The summed E-state index contributed by atoms with van der Waals surface area (Å²) in [6.07, 6.45) is 1.02. The fourth-order valence-electron chi connectivity index (χ4n) is 2.00. The van der Waals surface area contributed by atoms with Crippen molar-refractivity contribution in [3.63, 3.8) is 0 Å². The van der Waals surface area contributed by atoms with Crippen molar-refractivity contribution >= 4 is 11.6 Å². The number of nitrogens with two attached hydrogens (primary N) is 1. The van der Waals surface area contributed by atoms with E-state index in [-0.39, 0.29) is 6.04 Å². The van der Waals surface area contributed by atoms with Crippen LogP contribution in [0.5, 0.6) is 0 Å². The average molecular weight is 260 g/mol. The SMILES string of the molecule is CCc1cccc(C(N)c2ccc(C)c(Cl)c2)c1. The van der Waals surface area contributed by atoms with E-state index >= 15 is 0 Å². The highest BCUT2D eigenvalue weighted by Crippen LogP contribution is 2.25. The van der Waals surface area contributed by atoms with Crippen molar-refractivity contribution in [1.29, 1.82) is 0 Å². The summed E-state index contributed by atoms with van der Waals surface area (Å²) in [5.41, 5.74) is 10.9. The van der Waals surface area contributed by atoms with Crippen molar-refractivity contribution in [3.8, 4) is 0 Å². The van der Waals surface area contributed by atoms with E-state index in [0.717, 1.165) is 28.1 Å². The summed E-state index contributed by atoms with van der Waals surface area (Å²) >= 11 is 6.15. The van der Waals surface area contributed by atoms with E-state index in [2.05, 4.69) is 31.2 Å². The number of benzene rings is 2. The molecular weight excluding hydrogens is 242 g/mol. The molecule has 0 aliphatic rings. The van der Waals surface area contributed by atoms with Gasteiger partial charge in [-0.1, -0.05) is 54.9 Å². The van der Waals surface area contributed by atoms with E-state index in [4.69, 9.17) is 17.3 Å². The Hall–Kier alpha value is -1.31. The van der Waals surface area contributed by atoms with E-state index in [1.165, 1.54) is 5.56 Å². The lowest BCUT2D eigenvalue weighted by atomic mass is 9.97. The maximum Gasteiger partial charge on any atom is 0.0552 e. The fraction of sp³-hybridized carbons (Fsp3) is 0.250. The smallest absolute Gasteiger partial charge is 0.0552 e. The van der Waals surface area contributed by atoms with Gasteiger partial charge in [-0.3, -0.25) is 0 Å². The zero-order chi connectivity index (χ0) is 13.1. The second kappa shape index (κ2) is 5.55. The Morgan fingerprint density at radius 1 is 1.11 bits per heavy atom. The zero-order valence-electron chi connectivity index (χ0n) is 10.8. The van der Waals surface area contributed by atoms with Gasteiger partial charge < -0.3 is 5.73 Å². The number of aryl methyl sites for hydroxylation is 2. The molecule has 0 radical (unpaired) electrons. The minimum Gasteiger partial charge on any atom is -0.320 e. The molecule has 0 heterocycles. The fourth-order valence-corrected chi connectivity index (χ4v) is 2.19. The van der Waals surface area contributed by atoms with E-state index in [1.54, 1.807) is 0 Å². The van der Waals surface area contributed by atoms with Crippen LogP contribution in [-0.4, -0.2) is 0 Å². The van der Waals surface area contributed by atoms with Gasteiger partial charge in [-0.05, 0) is 41.7 Å². The molecule has 1 nitrogen and oxygen atoms in total. The standard InChI is InChI=1S/C16H18ClN/c1-3-12-5-4-6-13(9-12)16(18)14-8-7-11(2)15(17)10-14/h4-10,16H,3,18H2,1-2H3. The Labute approximate surface area is 114 Å². The highest BCUT2D eigenvalue weighted by Gasteiger charge is 2.10. The molecule has 0 aliphatic carbocycles. The second-order valence-corrected chi connectivity index (χ2v) is 4.99. The Bertz CT molecular complexity index is 549. The van der Waals surface area contributed by atoms with Gasteiger partial charge in [-0.15, -0.1) is 0 Å². The molecule has 1 atom stereocenters. The van der Waals surface area contributed by atoms with Gasteiger partial charge in [0.05, 0.1) is 6.04 Å². The van der Waals surface area contributed by atoms with Crippen molar-refractivity contribution in [2.45, 2.75) is 26.3 Å². The zero-order valence-corrected chi connectivity index (χ0v) is 11.5. The third-order valence-electron chi connectivity index (χ3n) is 3.27. The lowest BCUT2D eigenvalue weighted by molar-refractivity contribution is 0.866. The maximum absolute atomic E-state index is 6.30. The molecule has 2 aromatic carbocycles. The molecule has 94 valence electrons. The molecule has 0 fully saturated rings. The molecule has 1 unspecified atom stereocenters. The molecule has 0 aliphatic heterocycles. The maximum atomic E-state index is 6.30. The minimum atomic E-state index is -0.116. The van der Waals surface area contributed by atoms with Gasteiger partial charge in [-0.2, -0.15) is 0 Å². The molecule has 2 heteroatoms. The van der Waals surface area contributed by atoms with Crippen molar-refractivity contribution in [1.82, 2.24) is 0 Å². The molecule has 0 spiro atoms. The van der Waals surface area contributed by atoms with Crippen LogP contribution < -0.4 is 5.73 Å². The van der Waals surface area contributed by atoms with Gasteiger partial charge in [0.25, 0.3) is 0 Å². The lowest BCUT2D eigenvalue weighted by Crippen LogP contribution is -2.12. The third kappa shape index (κ3) is 2.74. The van der Waals surface area contributed by atoms with Crippen LogP contribution in [-0.2, 0) is 6.42 Å². The predicted molar refractivity (Wildman–Crippen MR) is 78.0 cm³/mol. The van der Waals surface area contributed by atoms with Gasteiger partial charge in [0, 0.05) is 5.02 Å². The van der Waals surface area contributed by atoms with Gasteiger partial charge in [0.15, 0.2) is 0 Å². The number of hydrogen-bond donors (Lipinski definition) is 1. The molecule has 2 N–H and O–H groups in total. The molecule has 18 heavy (non-hydrogen) atoms. The number of hydrogen-bond acceptors (Lipinski definition) is 1. The molecule has 0 bridgehead atoms. The first kappa shape index (κ1) is 13.1. The van der Waals surface area contributed by atoms with Gasteiger partial charge >= 0.3 is 0 Å². The Morgan fingerprint density at radius 3 is 2.50 bits per heavy atom. The molecule has 2 aromatic rings. The van der Waals surface area contributed by atoms with Gasteiger partial charge in [-0.25, -0.2) is 0 Å². The first-order valence-corrected chi connectivity index (χ1v) is 6.60. The Balaban J connectivity index is 2.34. The lowest BCUT2D eigenvalue weighted by Gasteiger charge is -2.14. The minimum absolute atomic E-state index is 0.116. The van der Waals surface area contributed by atoms with Crippen LogP contribution in [0.25, 0.3) is 0 Å². The molecule has 0 amide bonds. The van der Waals surface area contributed by atoms with Crippen LogP contribution in [0.4, 0.5) is 0 Å². The first-order chi connectivity index (χ1) is 8.61. The number of halogens is 1. The van der Waals surface area contributed by atoms with Crippen LogP contribution in [0.2, 0.25) is 5.02 Å². The average Bonchev–Trinajstić information content (AvgIpc) is 2.41. The largest absolute Gasteiger partial charge is 0.320 e. The predicted octanol–water partition coefficient (Wildman–Crippen LogP) is 4.26. The quantitative estimate of drug-likeness (QED) is 0.876. The monoisotopic (exact) mass is 259 g/mol. The van der Waals surface area contributed by atoms with Crippen molar-refractivity contribution in [2.24, 2.45) is 5.73 Å². The highest BCUT2D eigenvalue weighted by atomic mass is 35.5. The van der Waals surface area contributed by atoms with Crippen LogP contribution >= 0.6 is 11.6 Å². The van der Waals surface area contributed by atoms with Crippen molar-refractivity contribution in [3.05, 3.63) is 69.7 Å². The summed E-state index contributed by atoms with van der Waals surface area (Å²) in [4.78, 5) is 0. The summed E-state index contributed by atoms with van der Waals surface area (Å²) in [7, 11) is 0. The van der Waals surface area contributed by atoms with E-state index in [9.17, 15) is 0 Å². The summed E-state index contributed by atoms with van der Waals surface area (Å²) in [5.74, 6) is 0. The van der Waals surface area contributed by atoms with Crippen LogP contribution in [0.3, 0.4) is 0 Å². The first-order valence-electron chi connectivity index (χ1n) is 6.22. The summed E-state index contributed by atoms with van der Waals surface area (Å²) in [5, 5.41) is 0.773. The van der Waals surface area contributed by atoms with Gasteiger partial charge in [0.1, 0.15) is 0 Å². The Morgan fingerprint density at radius 2 is 1.83 bits per heavy atom. The molecule has 0 aromatic heterocycles. The second-order valence-electron chi connectivity index (χ2n) is 4.58. The summed E-state index contributed by atoms with van der Waals surface area (Å²) in [6.45, 7) is 4.14. The molecular formula is C16H18ClN. The molecule has 2 rings (SSSR count). The topological polar surface area (TPSA) is 26.0 Å². The Kier molecular flexibility index (Phi) is 4.05. The number of rotatable bonds is 3. The van der Waals surface area contributed by atoms with Crippen molar-refractivity contribution < 1.29 is 0 Å². The van der Waals surface area contributed by atoms with Crippen LogP contribution in [0.1, 0.15) is 35.2 Å². The van der Waals surface area contributed by atoms with E-state index in [1.807, 2.05) is 25.1 Å². The van der Waals surface area contributed by atoms with Gasteiger partial charge in [0.2, 0.25) is 0 Å². The highest BCUT2D eigenvalue weighted by molar-refractivity contribution is 6.31. The normalized spacial score (nSPS) is 12.4. The molecule has 0 saturated carbocycles. The van der Waals surface area contributed by atoms with Crippen molar-refractivity contribution in [2.75, 3.05) is 0 Å².